The topological polar surface area (TPSA) is 24.5 Å². The fraction of sp³-hybridized carbons (Fsp3) is 0.412. The minimum absolute atomic E-state index is 0.907. The van der Waals surface area contributed by atoms with Crippen molar-refractivity contribution in [3.8, 4) is 5.75 Å². The molecule has 0 aliphatic heterocycles. The van der Waals surface area contributed by atoms with Gasteiger partial charge < -0.3 is 15.0 Å². The summed E-state index contributed by atoms with van der Waals surface area (Å²) in [6.07, 6.45) is 0. The van der Waals surface area contributed by atoms with Crippen molar-refractivity contribution in [2.24, 2.45) is 0 Å². The monoisotopic (exact) mass is 304 g/mol. The summed E-state index contributed by atoms with van der Waals surface area (Å²) in [7, 11) is 3.87. The molecule has 2 rings (SSSR count). The van der Waals surface area contributed by atoms with Crippen LogP contribution in [0.3, 0.4) is 0 Å². The van der Waals surface area contributed by atoms with Crippen molar-refractivity contribution in [3.05, 3.63) is 51.7 Å². The first kappa shape index (κ1) is 16.0. The van der Waals surface area contributed by atoms with Gasteiger partial charge in [0, 0.05) is 41.5 Å². The number of methoxy groups -OCH3 is 1. The SMILES string of the molecule is COc1ccccc1CN(C)CCNCc1ccc(C)s1. The molecule has 4 heteroatoms. The summed E-state index contributed by atoms with van der Waals surface area (Å²) in [5.41, 5.74) is 1.23. The van der Waals surface area contributed by atoms with Crippen LogP contribution in [0.4, 0.5) is 0 Å². The second-order valence-corrected chi connectivity index (χ2v) is 6.61. The van der Waals surface area contributed by atoms with Crippen LogP contribution in [0.1, 0.15) is 15.3 Å². The Kier molecular flexibility index (Phi) is 6.23. The van der Waals surface area contributed by atoms with Gasteiger partial charge in [-0.1, -0.05) is 18.2 Å². The van der Waals surface area contributed by atoms with Crippen molar-refractivity contribution >= 4 is 11.3 Å². The zero-order chi connectivity index (χ0) is 15.1. The molecule has 114 valence electrons. The third-order valence-electron chi connectivity index (χ3n) is 3.40. The van der Waals surface area contributed by atoms with Crippen LogP contribution in [0.5, 0.6) is 5.75 Å². The molecule has 2 aromatic rings. The normalized spacial score (nSPS) is 11.0. The van der Waals surface area contributed by atoms with Gasteiger partial charge in [-0.05, 0) is 32.2 Å². The lowest BCUT2D eigenvalue weighted by molar-refractivity contribution is 0.315. The van der Waals surface area contributed by atoms with Crippen molar-refractivity contribution < 1.29 is 4.74 Å². The van der Waals surface area contributed by atoms with Crippen LogP contribution in [-0.2, 0) is 13.1 Å². The van der Waals surface area contributed by atoms with Crippen LogP contribution in [0.25, 0.3) is 0 Å². The Balaban J connectivity index is 1.71. The highest BCUT2D eigenvalue weighted by Crippen LogP contribution is 2.18. The van der Waals surface area contributed by atoms with Gasteiger partial charge in [0.05, 0.1) is 7.11 Å². The minimum Gasteiger partial charge on any atom is -0.496 e. The van der Waals surface area contributed by atoms with Crippen molar-refractivity contribution in [2.75, 3.05) is 27.2 Å². The zero-order valence-corrected chi connectivity index (χ0v) is 13.9. The first-order valence-electron chi connectivity index (χ1n) is 7.25. The number of nitrogens with one attached hydrogen (secondary N) is 1. The Morgan fingerprint density at radius 2 is 2.00 bits per heavy atom. The second-order valence-electron chi connectivity index (χ2n) is 5.24. The van der Waals surface area contributed by atoms with E-state index in [0.29, 0.717) is 0 Å². The van der Waals surface area contributed by atoms with E-state index in [4.69, 9.17) is 4.74 Å². The number of ether oxygens (including phenoxy) is 1. The third kappa shape index (κ3) is 5.16. The van der Waals surface area contributed by atoms with Crippen LogP contribution in [-0.4, -0.2) is 32.1 Å². The Morgan fingerprint density at radius 3 is 2.71 bits per heavy atom. The molecule has 0 radical (unpaired) electrons. The van der Waals surface area contributed by atoms with Gasteiger partial charge >= 0.3 is 0 Å². The average Bonchev–Trinajstić information content (AvgIpc) is 2.90. The number of benzene rings is 1. The molecule has 1 heterocycles. The molecule has 0 saturated heterocycles. The van der Waals surface area contributed by atoms with Crippen molar-refractivity contribution in [3.63, 3.8) is 0 Å². The predicted molar refractivity (Wildman–Crippen MR) is 90.1 cm³/mol. The number of likely N-dealkylation sites (N-methyl/N-ethyl adjacent to an activating group) is 1. The molecule has 21 heavy (non-hydrogen) atoms. The molecule has 0 aliphatic rings. The van der Waals surface area contributed by atoms with Crippen molar-refractivity contribution in [1.29, 1.82) is 0 Å². The summed E-state index contributed by atoms with van der Waals surface area (Å²) in [4.78, 5) is 5.09. The minimum atomic E-state index is 0.907. The van der Waals surface area contributed by atoms with Gasteiger partial charge in [-0.25, -0.2) is 0 Å². The van der Waals surface area contributed by atoms with E-state index >= 15 is 0 Å². The molecule has 1 aromatic heterocycles. The highest BCUT2D eigenvalue weighted by atomic mass is 32.1. The van der Waals surface area contributed by atoms with Gasteiger partial charge in [0.25, 0.3) is 0 Å². The van der Waals surface area contributed by atoms with Gasteiger partial charge in [0.15, 0.2) is 0 Å². The Bertz CT molecular complexity index is 553. The summed E-state index contributed by atoms with van der Waals surface area (Å²) in [5.74, 6) is 0.964. The largest absolute Gasteiger partial charge is 0.496 e. The highest BCUT2D eigenvalue weighted by Gasteiger charge is 2.05. The van der Waals surface area contributed by atoms with E-state index in [0.717, 1.165) is 31.9 Å². The summed E-state index contributed by atoms with van der Waals surface area (Å²) in [6, 6.07) is 12.6. The first-order chi connectivity index (χ1) is 10.2. The number of hydrogen-bond donors (Lipinski definition) is 1. The Morgan fingerprint density at radius 1 is 1.19 bits per heavy atom. The lowest BCUT2D eigenvalue weighted by atomic mass is 10.2. The fourth-order valence-electron chi connectivity index (χ4n) is 2.27. The van der Waals surface area contributed by atoms with E-state index in [9.17, 15) is 0 Å². The Labute approximate surface area is 131 Å². The second kappa shape index (κ2) is 8.17. The fourth-order valence-corrected chi connectivity index (χ4v) is 3.13. The standard InChI is InChI=1S/C17H24N2OS/c1-14-8-9-16(21-14)12-18-10-11-19(2)13-15-6-4-5-7-17(15)20-3/h4-9,18H,10-13H2,1-3H3. The number of rotatable bonds is 8. The van der Waals surface area contributed by atoms with E-state index in [1.165, 1.54) is 15.3 Å². The summed E-state index contributed by atoms with van der Waals surface area (Å²) < 4.78 is 5.39. The maximum atomic E-state index is 5.39. The molecule has 0 aliphatic carbocycles. The molecular formula is C17H24N2OS. The van der Waals surface area contributed by atoms with Gasteiger partial charge in [-0.15, -0.1) is 11.3 Å². The van der Waals surface area contributed by atoms with Gasteiger partial charge in [-0.3, -0.25) is 0 Å². The molecule has 0 saturated carbocycles. The molecular weight excluding hydrogens is 280 g/mol. The van der Waals surface area contributed by atoms with Crippen molar-refractivity contribution in [2.45, 2.75) is 20.0 Å². The molecule has 0 amide bonds. The molecule has 0 bridgehead atoms. The van der Waals surface area contributed by atoms with Crippen LogP contribution in [0.2, 0.25) is 0 Å². The van der Waals surface area contributed by atoms with E-state index < -0.39 is 0 Å². The molecule has 3 nitrogen and oxygen atoms in total. The first-order valence-corrected chi connectivity index (χ1v) is 8.07. The average molecular weight is 304 g/mol. The maximum absolute atomic E-state index is 5.39. The van der Waals surface area contributed by atoms with Crippen molar-refractivity contribution in [1.82, 2.24) is 10.2 Å². The summed E-state index contributed by atoms with van der Waals surface area (Å²) >= 11 is 1.86. The molecule has 0 spiro atoms. The van der Waals surface area contributed by atoms with E-state index in [1.54, 1.807) is 7.11 Å². The number of para-hydroxylation sites is 1. The summed E-state index contributed by atoms with van der Waals surface area (Å²) in [5, 5.41) is 3.50. The van der Waals surface area contributed by atoms with E-state index in [-0.39, 0.29) is 0 Å². The van der Waals surface area contributed by atoms with E-state index in [2.05, 4.69) is 48.5 Å². The smallest absolute Gasteiger partial charge is 0.123 e. The van der Waals surface area contributed by atoms with Gasteiger partial charge in [0.2, 0.25) is 0 Å². The lowest BCUT2D eigenvalue weighted by Gasteiger charge is -2.18. The number of aryl methyl sites for hydroxylation is 1. The van der Waals surface area contributed by atoms with Gasteiger partial charge in [-0.2, -0.15) is 0 Å². The van der Waals surface area contributed by atoms with Crippen LogP contribution in [0.15, 0.2) is 36.4 Å². The Hall–Kier alpha value is -1.36. The lowest BCUT2D eigenvalue weighted by Crippen LogP contribution is -2.28. The van der Waals surface area contributed by atoms with E-state index in [1.807, 2.05) is 23.5 Å². The highest BCUT2D eigenvalue weighted by molar-refractivity contribution is 7.11. The molecule has 1 N–H and O–H groups in total. The predicted octanol–water partition coefficient (Wildman–Crippen LogP) is 3.29. The third-order valence-corrected chi connectivity index (χ3v) is 4.40. The maximum Gasteiger partial charge on any atom is 0.123 e. The summed E-state index contributed by atoms with van der Waals surface area (Å²) in [6.45, 7) is 6.02. The van der Waals surface area contributed by atoms with Crippen LogP contribution >= 0.6 is 11.3 Å². The zero-order valence-electron chi connectivity index (χ0n) is 13.1. The quantitative estimate of drug-likeness (QED) is 0.757. The molecule has 0 fully saturated rings. The number of hydrogen-bond acceptors (Lipinski definition) is 4. The van der Waals surface area contributed by atoms with Crippen LogP contribution < -0.4 is 10.1 Å². The van der Waals surface area contributed by atoms with Crippen LogP contribution in [0, 0.1) is 6.92 Å². The molecule has 1 aromatic carbocycles. The number of nitrogens with zero attached hydrogens (tertiary/aromatic N) is 1. The molecule has 0 atom stereocenters. The molecule has 0 unspecified atom stereocenters. The number of thiophene rings is 1. The van der Waals surface area contributed by atoms with Gasteiger partial charge in [0.1, 0.15) is 5.75 Å².